The zero-order valence-electron chi connectivity index (χ0n) is 24.5. The summed E-state index contributed by atoms with van der Waals surface area (Å²) in [5.74, 6) is 1.28. The van der Waals surface area contributed by atoms with Crippen LogP contribution in [0.25, 0.3) is 0 Å². The molecule has 0 aromatic heterocycles. The zero-order chi connectivity index (χ0) is 31.5. The first-order valence-corrected chi connectivity index (χ1v) is 14.2. The number of benzene rings is 3. The Labute approximate surface area is 252 Å². The monoisotopic (exact) mass is 585 g/mol. The molecule has 6 nitrogen and oxygen atoms in total. The summed E-state index contributed by atoms with van der Waals surface area (Å²) < 4.78 is 28.5. The second-order valence-corrected chi connectivity index (χ2v) is 10.4. The van der Waals surface area contributed by atoms with Gasteiger partial charge in [0.15, 0.2) is 0 Å². The lowest BCUT2D eigenvalue weighted by Gasteiger charge is -2.30. The van der Waals surface area contributed by atoms with Gasteiger partial charge in [-0.3, -0.25) is 9.59 Å². The van der Waals surface area contributed by atoms with Crippen molar-refractivity contribution in [3.05, 3.63) is 105 Å². The van der Waals surface area contributed by atoms with E-state index in [1.165, 1.54) is 12.1 Å². The minimum atomic E-state index is -1.21. The zero-order valence-corrected chi connectivity index (χ0v) is 24.5. The second kappa shape index (κ2) is 15.7. The highest BCUT2D eigenvalue weighted by Crippen LogP contribution is 2.33. The minimum Gasteiger partial charge on any atom is -0.391 e. The molecular formula is C35H37F2N3O3. The molecule has 3 aromatic rings. The van der Waals surface area contributed by atoms with E-state index in [0.717, 1.165) is 23.8 Å². The average molecular weight is 586 g/mol. The van der Waals surface area contributed by atoms with E-state index in [1.807, 2.05) is 32.0 Å². The Morgan fingerprint density at radius 1 is 0.930 bits per heavy atom. The quantitative estimate of drug-likeness (QED) is 0.238. The maximum atomic E-state index is 14.2. The number of amides is 2. The van der Waals surface area contributed by atoms with Crippen molar-refractivity contribution in [2.24, 2.45) is 5.73 Å². The molecule has 0 aliphatic carbocycles. The molecule has 3 aromatic carbocycles. The number of terminal acetylenes is 2. The molecule has 0 saturated heterocycles. The molecular weight excluding hydrogens is 548 g/mol. The summed E-state index contributed by atoms with van der Waals surface area (Å²) in [6.07, 6.45) is 11.3. The first kappa shape index (κ1) is 33.0. The van der Waals surface area contributed by atoms with Gasteiger partial charge < -0.3 is 21.1 Å². The van der Waals surface area contributed by atoms with Gasteiger partial charge in [-0.15, -0.1) is 12.8 Å². The maximum absolute atomic E-state index is 14.2. The van der Waals surface area contributed by atoms with Gasteiger partial charge in [-0.1, -0.05) is 37.8 Å². The average Bonchev–Trinajstić information content (AvgIpc) is 2.98. The van der Waals surface area contributed by atoms with Crippen molar-refractivity contribution >= 4 is 11.8 Å². The summed E-state index contributed by atoms with van der Waals surface area (Å²) in [5.41, 5.74) is 8.18. The number of nitrogens with one attached hydrogen (secondary N) is 1. The van der Waals surface area contributed by atoms with Crippen LogP contribution in [0.4, 0.5) is 8.78 Å². The molecule has 2 atom stereocenters. The van der Waals surface area contributed by atoms with E-state index < -0.39 is 29.6 Å². The highest BCUT2D eigenvalue weighted by Gasteiger charge is 2.32. The molecule has 0 saturated carbocycles. The lowest BCUT2D eigenvalue weighted by Crippen LogP contribution is -2.37. The number of rotatable bonds is 14. The normalized spacial score (nSPS) is 12.2. The number of hydrogen-bond acceptors (Lipinski definition) is 4. The number of carbonyl (C=O) groups excluding carboxylic acids is 2. The fourth-order valence-corrected chi connectivity index (χ4v) is 5.23. The van der Waals surface area contributed by atoms with E-state index in [4.69, 9.17) is 18.6 Å². The number of nitrogens with two attached hydrogens (primary N) is 1. The number of carbonyl (C=O) groups is 2. The van der Waals surface area contributed by atoms with Crippen LogP contribution >= 0.6 is 0 Å². The molecule has 2 amide bonds. The summed E-state index contributed by atoms with van der Waals surface area (Å²) in [7, 11) is 0. The van der Waals surface area contributed by atoms with Crippen molar-refractivity contribution in [3.8, 4) is 24.7 Å². The lowest BCUT2D eigenvalue weighted by molar-refractivity contribution is 0.0751. The molecule has 0 radical (unpaired) electrons. The smallest absolute Gasteiger partial charge is 0.254 e. The maximum Gasteiger partial charge on any atom is 0.254 e. The molecule has 0 unspecified atom stereocenters. The van der Waals surface area contributed by atoms with Crippen molar-refractivity contribution in [1.29, 1.82) is 0 Å². The molecule has 0 aliphatic rings. The Kier molecular flexibility index (Phi) is 12.0. The van der Waals surface area contributed by atoms with Crippen LogP contribution in [0.2, 0.25) is 0 Å². The van der Waals surface area contributed by atoms with Crippen molar-refractivity contribution in [3.63, 3.8) is 0 Å². The molecule has 4 N–H and O–H groups in total. The van der Waals surface area contributed by atoms with Gasteiger partial charge in [-0.2, -0.15) is 0 Å². The van der Waals surface area contributed by atoms with E-state index in [0.29, 0.717) is 38.0 Å². The van der Waals surface area contributed by atoms with Gasteiger partial charge in [-0.25, -0.2) is 8.78 Å². The van der Waals surface area contributed by atoms with Crippen LogP contribution in [0, 0.1) is 36.3 Å². The van der Waals surface area contributed by atoms with Gasteiger partial charge in [0.25, 0.3) is 5.91 Å². The Bertz CT molecular complexity index is 1510. The number of aliphatic hydroxyl groups is 1. The van der Waals surface area contributed by atoms with Crippen LogP contribution in [0.15, 0.2) is 54.6 Å². The molecule has 43 heavy (non-hydrogen) atoms. The standard InChI is InChI=1S/C35H37F2N3O3/c1-5-12-40(13-6-2)35(43)31-18-24(8-4)17-30(34(38)42)33(31)29(19-26-15-27(36)20-28(37)16-26)32(41)22-39-21-25-11-9-10-23(7-3)14-25/h3-4,9-11,14-18,20,29,32,39,41H,5-6,12-13,19,21-22H2,1-2H3,(H2,38,42)/t29-,32+/m1/s1. The predicted molar refractivity (Wildman–Crippen MR) is 164 cm³/mol. The SMILES string of the molecule is C#Cc1cccc(CNC[C@H](O)[C@@H](Cc2cc(F)cc(F)c2)c2c(C(N)=O)cc(C#C)cc2C(=O)N(CCC)CCC)c1. The Balaban J connectivity index is 2.14. The first-order chi connectivity index (χ1) is 20.6. The van der Waals surface area contributed by atoms with E-state index in [9.17, 15) is 23.5 Å². The van der Waals surface area contributed by atoms with E-state index in [1.54, 1.807) is 11.0 Å². The third-order valence-corrected chi connectivity index (χ3v) is 7.11. The van der Waals surface area contributed by atoms with E-state index in [2.05, 4.69) is 17.2 Å². The highest BCUT2D eigenvalue weighted by atomic mass is 19.1. The number of primary amides is 1. The fourth-order valence-electron chi connectivity index (χ4n) is 5.23. The summed E-state index contributed by atoms with van der Waals surface area (Å²) in [4.78, 5) is 28.5. The predicted octanol–water partition coefficient (Wildman–Crippen LogP) is 4.77. The van der Waals surface area contributed by atoms with Crippen molar-refractivity contribution in [1.82, 2.24) is 10.2 Å². The number of nitrogens with zero attached hydrogens (tertiary/aromatic N) is 1. The van der Waals surface area contributed by atoms with Gasteiger partial charge in [0.1, 0.15) is 11.6 Å². The molecule has 3 rings (SSSR count). The van der Waals surface area contributed by atoms with Crippen molar-refractivity contribution in [2.75, 3.05) is 19.6 Å². The molecule has 0 bridgehead atoms. The van der Waals surface area contributed by atoms with Crippen molar-refractivity contribution in [2.45, 2.75) is 51.7 Å². The van der Waals surface area contributed by atoms with Crippen LogP contribution < -0.4 is 11.1 Å². The third-order valence-electron chi connectivity index (χ3n) is 7.11. The summed E-state index contributed by atoms with van der Waals surface area (Å²) in [6, 6.07) is 13.3. The van der Waals surface area contributed by atoms with Crippen LogP contribution in [0.3, 0.4) is 0 Å². The summed E-state index contributed by atoms with van der Waals surface area (Å²) >= 11 is 0. The summed E-state index contributed by atoms with van der Waals surface area (Å²) in [5, 5.41) is 14.8. The largest absolute Gasteiger partial charge is 0.391 e. The Morgan fingerprint density at radius 2 is 1.56 bits per heavy atom. The highest BCUT2D eigenvalue weighted by molar-refractivity contribution is 6.02. The molecule has 8 heteroatoms. The van der Waals surface area contributed by atoms with Crippen molar-refractivity contribution < 1.29 is 23.5 Å². The molecule has 0 aliphatic heterocycles. The number of halogens is 2. The van der Waals surface area contributed by atoms with Gasteiger partial charge >= 0.3 is 0 Å². The van der Waals surface area contributed by atoms with E-state index in [-0.39, 0.29) is 46.7 Å². The number of hydrogen-bond donors (Lipinski definition) is 3. The van der Waals surface area contributed by atoms with Gasteiger partial charge in [0, 0.05) is 60.4 Å². The topological polar surface area (TPSA) is 95.7 Å². The molecule has 224 valence electrons. The van der Waals surface area contributed by atoms with Gasteiger partial charge in [-0.05, 0) is 72.4 Å². The summed E-state index contributed by atoms with van der Waals surface area (Å²) in [6.45, 7) is 5.18. The molecule has 0 spiro atoms. The van der Waals surface area contributed by atoms with Crippen LogP contribution in [-0.4, -0.2) is 47.6 Å². The Morgan fingerprint density at radius 3 is 2.14 bits per heavy atom. The molecule has 0 fully saturated rings. The van der Waals surface area contributed by atoms with Crippen LogP contribution in [0.5, 0.6) is 0 Å². The van der Waals surface area contributed by atoms with E-state index >= 15 is 0 Å². The second-order valence-electron chi connectivity index (χ2n) is 10.4. The minimum absolute atomic E-state index is 0.0130. The fraction of sp³-hybridized carbons (Fsp3) is 0.314. The first-order valence-electron chi connectivity index (χ1n) is 14.2. The molecule has 0 heterocycles. The third kappa shape index (κ3) is 8.75. The van der Waals surface area contributed by atoms with Gasteiger partial charge in [0.05, 0.1) is 6.10 Å². The Hall–Kier alpha value is -4.50. The van der Waals surface area contributed by atoms with Gasteiger partial charge in [0.2, 0.25) is 5.91 Å². The number of aliphatic hydroxyl groups excluding tert-OH is 1. The van der Waals surface area contributed by atoms with Crippen LogP contribution in [0.1, 0.15) is 81.1 Å². The van der Waals surface area contributed by atoms with Crippen LogP contribution in [-0.2, 0) is 13.0 Å². The lowest BCUT2D eigenvalue weighted by atomic mass is 9.80.